The number of carbonyl (C=O) groups is 1. The molecule has 0 saturated carbocycles. The van der Waals surface area contributed by atoms with Gasteiger partial charge in [-0.3, -0.25) is 9.69 Å². The van der Waals surface area contributed by atoms with Gasteiger partial charge in [0, 0.05) is 38.6 Å². The van der Waals surface area contributed by atoms with Gasteiger partial charge in [-0.25, -0.2) is 17.1 Å². The zero-order chi connectivity index (χ0) is 18.9. The van der Waals surface area contributed by atoms with Crippen LogP contribution < -0.4 is 0 Å². The molecule has 2 aliphatic rings. The van der Waals surface area contributed by atoms with Gasteiger partial charge in [0.1, 0.15) is 5.82 Å². The van der Waals surface area contributed by atoms with E-state index in [1.165, 1.54) is 22.7 Å². The lowest BCUT2D eigenvalue weighted by Crippen LogP contribution is -2.52. The number of piperazine rings is 1. The number of sulfonamides is 1. The summed E-state index contributed by atoms with van der Waals surface area (Å²) in [6.07, 6.45) is 2.35. The molecule has 3 rings (SSSR count). The van der Waals surface area contributed by atoms with Crippen molar-refractivity contribution in [2.45, 2.75) is 18.9 Å². The summed E-state index contributed by atoms with van der Waals surface area (Å²) in [5, 5.41) is 0. The first kappa shape index (κ1) is 19.3. The minimum Gasteiger partial charge on any atom is -0.339 e. The first-order chi connectivity index (χ1) is 12.3. The maximum Gasteiger partial charge on any atom is 0.225 e. The van der Waals surface area contributed by atoms with Gasteiger partial charge in [-0.15, -0.1) is 0 Å². The van der Waals surface area contributed by atoms with Crippen molar-refractivity contribution in [3.05, 3.63) is 35.6 Å². The second kappa shape index (κ2) is 7.62. The van der Waals surface area contributed by atoms with E-state index in [4.69, 9.17) is 0 Å². The lowest BCUT2D eigenvalue weighted by atomic mass is 9.95. The van der Waals surface area contributed by atoms with Crippen LogP contribution in [0.15, 0.2) is 24.3 Å². The third kappa shape index (κ3) is 4.24. The molecule has 1 aromatic rings. The van der Waals surface area contributed by atoms with Gasteiger partial charge in [0.25, 0.3) is 0 Å². The largest absolute Gasteiger partial charge is 0.339 e. The molecular formula is C18H26FN3O3S. The van der Waals surface area contributed by atoms with Crippen LogP contribution in [0.5, 0.6) is 0 Å². The van der Waals surface area contributed by atoms with E-state index < -0.39 is 10.0 Å². The molecule has 6 nitrogen and oxygen atoms in total. The SMILES string of the molecule is CN1CCN(C(=O)C2CCN(S(C)(=O)=O)CC2)CC1c1ccc(F)cc1. The molecule has 8 heteroatoms. The van der Waals surface area contributed by atoms with Gasteiger partial charge in [-0.2, -0.15) is 0 Å². The molecule has 26 heavy (non-hydrogen) atoms. The van der Waals surface area contributed by atoms with Crippen LogP contribution in [0.25, 0.3) is 0 Å². The Kier molecular flexibility index (Phi) is 5.64. The normalized spacial score (nSPS) is 24.0. The fourth-order valence-electron chi connectivity index (χ4n) is 3.81. The molecule has 2 saturated heterocycles. The van der Waals surface area contributed by atoms with Crippen molar-refractivity contribution in [2.24, 2.45) is 5.92 Å². The van der Waals surface area contributed by atoms with Gasteiger partial charge >= 0.3 is 0 Å². The zero-order valence-corrected chi connectivity index (χ0v) is 16.1. The van der Waals surface area contributed by atoms with E-state index in [1.807, 2.05) is 11.9 Å². The molecule has 1 unspecified atom stereocenters. The Bertz CT molecular complexity index is 745. The molecule has 144 valence electrons. The molecular weight excluding hydrogens is 357 g/mol. The highest BCUT2D eigenvalue weighted by Gasteiger charge is 2.34. The summed E-state index contributed by atoms with van der Waals surface area (Å²) in [5.74, 6) is -0.276. The number of likely N-dealkylation sites (N-methyl/N-ethyl adjacent to an activating group) is 1. The number of rotatable bonds is 3. The zero-order valence-electron chi connectivity index (χ0n) is 15.3. The van der Waals surface area contributed by atoms with Gasteiger partial charge in [0.05, 0.1) is 12.3 Å². The highest BCUT2D eigenvalue weighted by atomic mass is 32.2. The van der Waals surface area contributed by atoms with E-state index in [1.54, 1.807) is 12.1 Å². The van der Waals surface area contributed by atoms with E-state index >= 15 is 0 Å². The molecule has 2 fully saturated rings. The van der Waals surface area contributed by atoms with Crippen LogP contribution in [-0.2, 0) is 14.8 Å². The smallest absolute Gasteiger partial charge is 0.225 e. The van der Waals surface area contributed by atoms with Crippen LogP contribution >= 0.6 is 0 Å². The quantitative estimate of drug-likeness (QED) is 0.790. The Hall–Kier alpha value is -1.51. The molecule has 0 N–H and O–H groups in total. The van der Waals surface area contributed by atoms with Crippen LogP contribution in [-0.4, -0.2) is 74.5 Å². The van der Waals surface area contributed by atoms with E-state index in [-0.39, 0.29) is 23.7 Å². The molecule has 0 bridgehead atoms. The molecule has 0 radical (unpaired) electrons. The van der Waals surface area contributed by atoms with Crippen molar-refractivity contribution in [3.63, 3.8) is 0 Å². The molecule has 2 heterocycles. The molecule has 0 spiro atoms. The lowest BCUT2D eigenvalue weighted by molar-refractivity contribution is -0.139. The van der Waals surface area contributed by atoms with Crippen LogP contribution in [0.3, 0.4) is 0 Å². The first-order valence-electron chi connectivity index (χ1n) is 8.95. The van der Waals surface area contributed by atoms with Crippen molar-refractivity contribution in [3.8, 4) is 0 Å². The average Bonchev–Trinajstić information content (AvgIpc) is 2.62. The third-order valence-corrected chi connectivity index (χ3v) is 6.79. The predicted molar refractivity (Wildman–Crippen MR) is 97.5 cm³/mol. The molecule has 1 aromatic carbocycles. The summed E-state index contributed by atoms with van der Waals surface area (Å²) in [5.41, 5.74) is 0.998. The number of hydrogen-bond donors (Lipinski definition) is 0. The highest BCUT2D eigenvalue weighted by Crippen LogP contribution is 2.27. The lowest BCUT2D eigenvalue weighted by Gasteiger charge is -2.41. The van der Waals surface area contributed by atoms with E-state index in [0.717, 1.165) is 12.1 Å². The van der Waals surface area contributed by atoms with Gasteiger partial charge < -0.3 is 4.90 Å². The second-order valence-corrected chi connectivity index (χ2v) is 9.25. The van der Waals surface area contributed by atoms with Crippen molar-refractivity contribution in [2.75, 3.05) is 46.0 Å². The van der Waals surface area contributed by atoms with Crippen LogP contribution in [0.1, 0.15) is 24.4 Å². The molecule has 1 amide bonds. The summed E-state index contributed by atoms with van der Waals surface area (Å²) in [6.45, 7) is 2.82. The van der Waals surface area contributed by atoms with Crippen molar-refractivity contribution >= 4 is 15.9 Å². The standard InChI is InChI=1S/C18H26FN3O3S/c1-20-11-12-21(13-17(20)14-3-5-16(19)6-4-14)18(23)15-7-9-22(10-8-15)26(2,24)25/h3-6,15,17H,7-13H2,1-2H3. The number of nitrogens with zero attached hydrogens (tertiary/aromatic N) is 3. The van der Waals surface area contributed by atoms with Crippen LogP contribution in [0, 0.1) is 11.7 Å². The van der Waals surface area contributed by atoms with Gasteiger partial charge in [-0.1, -0.05) is 12.1 Å². The van der Waals surface area contributed by atoms with E-state index in [0.29, 0.717) is 39.0 Å². The fraction of sp³-hybridized carbons (Fsp3) is 0.611. The van der Waals surface area contributed by atoms with Crippen LogP contribution in [0.4, 0.5) is 4.39 Å². The summed E-state index contributed by atoms with van der Waals surface area (Å²) in [6, 6.07) is 6.49. The minimum absolute atomic E-state index is 0.0457. The number of carbonyl (C=O) groups excluding carboxylic acids is 1. The van der Waals surface area contributed by atoms with Crippen molar-refractivity contribution < 1.29 is 17.6 Å². The Balaban J connectivity index is 1.64. The minimum atomic E-state index is -3.18. The number of benzene rings is 1. The number of piperidine rings is 1. The summed E-state index contributed by atoms with van der Waals surface area (Å²) in [4.78, 5) is 17.0. The maximum absolute atomic E-state index is 13.2. The number of halogens is 1. The Morgan fingerprint density at radius 2 is 1.69 bits per heavy atom. The molecule has 2 aliphatic heterocycles. The van der Waals surface area contributed by atoms with E-state index in [2.05, 4.69) is 4.90 Å². The molecule has 0 aliphatic carbocycles. The highest BCUT2D eigenvalue weighted by molar-refractivity contribution is 7.88. The van der Waals surface area contributed by atoms with Gasteiger partial charge in [0.15, 0.2) is 0 Å². The van der Waals surface area contributed by atoms with Crippen molar-refractivity contribution in [1.82, 2.24) is 14.1 Å². The maximum atomic E-state index is 13.2. The monoisotopic (exact) mass is 383 g/mol. The summed E-state index contributed by atoms with van der Waals surface area (Å²) < 4.78 is 37.9. The first-order valence-corrected chi connectivity index (χ1v) is 10.8. The summed E-state index contributed by atoms with van der Waals surface area (Å²) >= 11 is 0. The third-order valence-electron chi connectivity index (χ3n) is 5.49. The van der Waals surface area contributed by atoms with E-state index in [9.17, 15) is 17.6 Å². The Morgan fingerprint density at radius 1 is 1.08 bits per heavy atom. The van der Waals surface area contributed by atoms with Gasteiger partial charge in [-0.05, 0) is 37.6 Å². The Labute approximate surface area is 154 Å². The average molecular weight is 383 g/mol. The molecule has 1 atom stereocenters. The van der Waals surface area contributed by atoms with Crippen LogP contribution in [0.2, 0.25) is 0 Å². The molecule has 0 aromatic heterocycles. The van der Waals surface area contributed by atoms with Gasteiger partial charge in [0.2, 0.25) is 15.9 Å². The summed E-state index contributed by atoms with van der Waals surface area (Å²) in [7, 11) is -1.17. The fourth-order valence-corrected chi connectivity index (χ4v) is 4.69. The predicted octanol–water partition coefficient (Wildman–Crippen LogP) is 1.31. The topological polar surface area (TPSA) is 60.9 Å². The Morgan fingerprint density at radius 3 is 2.27 bits per heavy atom. The van der Waals surface area contributed by atoms with Crippen molar-refractivity contribution in [1.29, 1.82) is 0 Å². The second-order valence-electron chi connectivity index (χ2n) is 7.27. The number of hydrogen-bond acceptors (Lipinski definition) is 4. The number of amides is 1.